The Labute approximate surface area is 174 Å². The van der Waals surface area contributed by atoms with Crippen LogP contribution in [0.15, 0.2) is 0 Å². The molecule has 0 saturated carbocycles. The summed E-state index contributed by atoms with van der Waals surface area (Å²) in [7, 11) is 3.64. The fourth-order valence-electron chi connectivity index (χ4n) is 2.71. The molecule has 0 aliphatic rings. The molecule has 146 valence electrons. The lowest BCUT2D eigenvalue weighted by atomic mass is 9.92. The first-order valence-corrected chi connectivity index (χ1v) is 12.9. The molecule has 0 fully saturated rings. The van der Waals surface area contributed by atoms with Gasteiger partial charge >= 0.3 is 0 Å². The van der Waals surface area contributed by atoms with Gasteiger partial charge in [0, 0.05) is 4.75 Å². The zero-order valence-electron chi connectivity index (χ0n) is 16.2. The second-order valence-corrected chi connectivity index (χ2v) is 13.3. The van der Waals surface area contributed by atoms with Crippen LogP contribution in [0.25, 0.3) is 0 Å². The van der Waals surface area contributed by atoms with E-state index in [1.54, 1.807) is 10.8 Å². The van der Waals surface area contributed by atoms with Gasteiger partial charge in [-0.3, -0.25) is 0 Å². The Morgan fingerprint density at radius 1 is 0.750 bits per heavy atom. The highest BCUT2D eigenvalue weighted by Gasteiger charge is 2.39. The molecule has 0 radical (unpaired) electrons. The molecule has 0 aliphatic carbocycles. The van der Waals surface area contributed by atoms with Gasteiger partial charge in [-0.15, -0.1) is 0 Å². The van der Waals surface area contributed by atoms with E-state index in [0.717, 1.165) is 0 Å². The number of alkyl halides is 3. The zero-order valence-corrected chi connectivity index (χ0v) is 20.1. The molecule has 0 N–H and O–H groups in total. The van der Waals surface area contributed by atoms with E-state index < -0.39 is 3.79 Å². The number of halogens is 3. The fraction of sp³-hybridized carbons (Fsp3) is 1.00. The standard InChI is InChI=1S/C19H37Cl3S2/c1-6-8-10-12-14-16(15-13-11-9-7-2)17(19(20,21)22)23-24-18(3,4)5/h16-17H,6-15H2,1-5H3. The molecule has 0 aromatic carbocycles. The molecular formula is C19H37Cl3S2. The number of hydrogen-bond donors (Lipinski definition) is 0. The van der Waals surface area contributed by atoms with E-state index in [1.165, 1.54) is 64.2 Å². The largest absolute Gasteiger partial charge is 0.203 e. The molecule has 1 unspecified atom stereocenters. The maximum atomic E-state index is 6.40. The molecule has 0 spiro atoms. The van der Waals surface area contributed by atoms with Crippen LogP contribution in [0, 0.1) is 5.92 Å². The molecule has 0 aromatic heterocycles. The Balaban J connectivity index is 4.80. The summed E-state index contributed by atoms with van der Waals surface area (Å²) in [4.78, 5) is 0. The number of unbranched alkanes of at least 4 members (excludes halogenated alkanes) is 6. The summed E-state index contributed by atoms with van der Waals surface area (Å²) in [5, 5.41) is 0.0648. The summed E-state index contributed by atoms with van der Waals surface area (Å²) in [6, 6.07) is 0. The van der Waals surface area contributed by atoms with E-state index in [0.29, 0.717) is 5.92 Å². The van der Waals surface area contributed by atoms with Gasteiger partial charge in [-0.25, -0.2) is 0 Å². The SMILES string of the molecule is CCCCCCC(CCCCCC)C(SSC(C)(C)C)C(Cl)(Cl)Cl. The summed E-state index contributed by atoms with van der Waals surface area (Å²) in [5.74, 6) is 0.492. The fourth-order valence-corrected chi connectivity index (χ4v) is 7.13. The minimum Gasteiger partial charge on any atom is -0.0877 e. The molecule has 24 heavy (non-hydrogen) atoms. The van der Waals surface area contributed by atoms with Gasteiger partial charge in [0.15, 0.2) is 0 Å². The van der Waals surface area contributed by atoms with Crippen molar-refractivity contribution in [2.45, 2.75) is 113 Å². The Hall–Kier alpha value is 1.57. The third kappa shape index (κ3) is 13.7. The van der Waals surface area contributed by atoms with Crippen LogP contribution in [-0.4, -0.2) is 13.8 Å². The molecular weight excluding hydrogens is 399 g/mol. The summed E-state index contributed by atoms with van der Waals surface area (Å²) in [6.45, 7) is 11.2. The Morgan fingerprint density at radius 3 is 1.54 bits per heavy atom. The van der Waals surface area contributed by atoms with Gasteiger partial charge in [-0.05, 0) is 18.8 Å². The van der Waals surface area contributed by atoms with Crippen molar-refractivity contribution in [3.63, 3.8) is 0 Å². The summed E-state index contributed by atoms with van der Waals surface area (Å²) >= 11 is 19.2. The van der Waals surface area contributed by atoms with Crippen LogP contribution >= 0.6 is 56.4 Å². The third-order valence-corrected chi connectivity index (χ3v) is 9.06. The molecule has 1 atom stereocenters. The van der Waals surface area contributed by atoms with E-state index in [-0.39, 0.29) is 10.00 Å². The lowest BCUT2D eigenvalue weighted by molar-refractivity contribution is 0.396. The van der Waals surface area contributed by atoms with Gasteiger partial charge in [-0.1, -0.05) is 142 Å². The molecule has 0 nitrogen and oxygen atoms in total. The quantitative estimate of drug-likeness (QED) is 0.160. The highest BCUT2D eigenvalue weighted by molar-refractivity contribution is 8.77. The Kier molecular flexibility index (Phi) is 14.6. The van der Waals surface area contributed by atoms with Crippen molar-refractivity contribution in [2.24, 2.45) is 5.92 Å². The molecule has 0 aliphatic heterocycles. The van der Waals surface area contributed by atoms with E-state index in [2.05, 4.69) is 34.6 Å². The maximum Gasteiger partial charge on any atom is 0.203 e. The smallest absolute Gasteiger partial charge is 0.0877 e. The maximum absolute atomic E-state index is 6.40. The first-order chi connectivity index (χ1) is 11.1. The van der Waals surface area contributed by atoms with Crippen LogP contribution in [0.4, 0.5) is 0 Å². The van der Waals surface area contributed by atoms with Gasteiger partial charge in [-0.2, -0.15) is 0 Å². The minimum atomic E-state index is -1.19. The van der Waals surface area contributed by atoms with Crippen LogP contribution in [0.3, 0.4) is 0 Å². The molecule has 0 aromatic rings. The predicted molar refractivity (Wildman–Crippen MR) is 120 cm³/mol. The first kappa shape index (κ1) is 25.6. The zero-order chi connectivity index (χ0) is 18.6. The number of rotatable bonds is 13. The highest BCUT2D eigenvalue weighted by Crippen LogP contribution is 2.51. The normalized spacial score (nSPS) is 14.4. The van der Waals surface area contributed by atoms with Crippen molar-refractivity contribution in [2.75, 3.05) is 0 Å². The van der Waals surface area contributed by atoms with Gasteiger partial charge < -0.3 is 0 Å². The van der Waals surface area contributed by atoms with E-state index in [9.17, 15) is 0 Å². The topological polar surface area (TPSA) is 0 Å². The Morgan fingerprint density at radius 2 is 1.21 bits per heavy atom. The predicted octanol–water partition coefficient (Wildman–Crippen LogP) is 9.46. The van der Waals surface area contributed by atoms with Gasteiger partial charge in [0.05, 0.1) is 5.25 Å². The first-order valence-electron chi connectivity index (χ1n) is 9.53. The molecule has 0 rings (SSSR count). The third-order valence-electron chi connectivity index (χ3n) is 4.01. The second-order valence-electron chi connectivity index (χ2n) is 7.71. The molecule has 0 amide bonds. The van der Waals surface area contributed by atoms with Crippen molar-refractivity contribution in [3.8, 4) is 0 Å². The van der Waals surface area contributed by atoms with Gasteiger partial charge in [0.25, 0.3) is 0 Å². The van der Waals surface area contributed by atoms with Gasteiger partial charge in [0.2, 0.25) is 3.79 Å². The lowest BCUT2D eigenvalue weighted by Gasteiger charge is -2.33. The van der Waals surface area contributed by atoms with Crippen LogP contribution in [0.1, 0.15) is 98.8 Å². The average molecular weight is 436 g/mol. The Bertz CT molecular complexity index is 286. The molecule has 5 heteroatoms. The van der Waals surface area contributed by atoms with Crippen LogP contribution in [0.2, 0.25) is 0 Å². The summed E-state index contributed by atoms with van der Waals surface area (Å²) < 4.78 is -1.02. The van der Waals surface area contributed by atoms with Crippen LogP contribution in [-0.2, 0) is 0 Å². The molecule has 0 bridgehead atoms. The molecule has 0 saturated heterocycles. The second kappa shape index (κ2) is 13.7. The highest BCUT2D eigenvalue weighted by atomic mass is 35.6. The van der Waals surface area contributed by atoms with Crippen molar-refractivity contribution in [3.05, 3.63) is 0 Å². The average Bonchev–Trinajstić information content (AvgIpc) is 2.44. The van der Waals surface area contributed by atoms with E-state index >= 15 is 0 Å². The van der Waals surface area contributed by atoms with E-state index in [1.807, 2.05) is 10.8 Å². The van der Waals surface area contributed by atoms with Gasteiger partial charge in [0.1, 0.15) is 0 Å². The monoisotopic (exact) mass is 434 g/mol. The van der Waals surface area contributed by atoms with Crippen LogP contribution < -0.4 is 0 Å². The summed E-state index contributed by atoms with van der Waals surface area (Å²) in [6.07, 6.45) is 12.6. The van der Waals surface area contributed by atoms with Crippen molar-refractivity contribution in [1.82, 2.24) is 0 Å². The molecule has 0 heterocycles. The van der Waals surface area contributed by atoms with Crippen molar-refractivity contribution in [1.29, 1.82) is 0 Å². The number of hydrogen-bond acceptors (Lipinski definition) is 2. The van der Waals surface area contributed by atoms with Crippen molar-refractivity contribution >= 4 is 56.4 Å². The summed E-state index contributed by atoms with van der Waals surface area (Å²) in [5.41, 5.74) is 0. The minimum absolute atomic E-state index is 0.0648. The van der Waals surface area contributed by atoms with Crippen molar-refractivity contribution < 1.29 is 0 Å². The lowest BCUT2D eigenvalue weighted by Crippen LogP contribution is -2.31. The van der Waals surface area contributed by atoms with E-state index in [4.69, 9.17) is 34.8 Å². The van der Waals surface area contributed by atoms with Crippen LogP contribution in [0.5, 0.6) is 0 Å².